The topological polar surface area (TPSA) is 78.9 Å². The number of hydrogen-bond acceptors (Lipinski definition) is 6. The number of ether oxygens (including phenoxy) is 3. The molecule has 0 rings (SSSR count). The number of allylic oxidation sites excluding steroid dienone is 14. The Labute approximate surface area is 407 Å². The summed E-state index contributed by atoms with van der Waals surface area (Å²) in [5.41, 5.74) is 0. The molecule has 6 heteroatoms. The first-order chi connectivity index (χ1) is 32.5. The van der Waals surface area contributed by atoms with Gasteiger partial charge in [-0.15, -0.1) is 0 Å². The maximum Gasteiger partial charge on any atom is 0.306 e. The third-order valence-electron chi connectivity index (χ3n) is 11.6. The summed E-state index contributed by atoms with van der Waals surface area (Å²) in [6.45, 7) is 6.44. The molecule has 0 aromatic carbocycles. The second kappa shape index (κ2) is 54.2. The van der Waals surface area contributed by atoms with Gasteiger partial charge >= 0.3 is 17.9 Å². The van der Waals surface area contributed by atoms with E-state index < -0.39 is 6.10 Å². The molecule has 0 aliphatic carbocycles. The molecule has 1 atom stereocenters. The lowest BCUT2D eigenvalue weighted by atomic mass is 10.1. The number of unbranched alkanes of at least 4 members (excludes halogenated alkanes) is 24. The SMILES string of the molecule is CC/C=C\C/C=C\C/C=C\CCCCCCCCCC(=O)OCC(COC(=O)CCCCCCC/C=C\C/C=C\CCCC)OC(=O)CCCCCCCCC/C=C\C/C=C\CCCCC. The molecule has 1 unspecified atom stereocenters. The van der Waals surface area contributed by atoms with Crippen molar-refractivity contribution in [2.45, 2.75) is 264 Å². The van der Waals surface area contributed by atoms with E-state index in [4.69, 9.17) is 14.2 Å². The maximum atomic E-state index is 12.8. The minimum absolute atomic E-state index is 0.0899. The van der Waals surface area contributed by atoms with Crippen molar-refractivity contribution in [1.82, 2.24) is 0 Å². The van der Waals surface area contributed by atoms with Crippen molar-refractivity contribution < 1.29 is 28.6 Å². The van der Waals surface area contributed by atoms with Gasteiger partial charge < -0.3 is 14.2 Å². The number of hydrogen-bond donors (Lipinski definition) is 0. The zero-order valence-electron chi connectivity index (χ0n) is 43.2. The average molecular weight is 919 g/mol. The minimum Gasteiger partial charge on any atom is -0.462 e. The molecule has 0 saturated carbocycles. The highest BCUT2D eigenvalue weighted by Crippen LogP contribution is 2.14. The molecule has 0 N–H and O–H groups in total. The van der Waals surface area contributed by atoms with Gasteiger partial charge in [-0.3, -0.25) is 14.4 Å². The zero-order valence-corrected chi connectivity index (χ0v) is 43.2. The Hall–Kier alpha value is -3.41. The fourth-order valence-electron chi connectivity index (χ4n) is 7.44. The number of carbonyl (C=O) groups is 3. The monoisotopic (exact) mass is 919 g/mol. The Morgan fingerprint density at radius 3 is 0.970 bits per heavy atom. The molecule has 0 aromatic heterocycles. The molecule has 0 bridgehead atoms. The van der Waals surface area contributed by atoms with Crippen molar-refractivity contribution >= 4 is 17.9 Å². The van der Waals surface area contributed by atoms with E-state index in [0.717, 1.165) is 122 Å². The predicted molar refractivity (Wildman–Crippen MR) is 284 cm³/mol. The van der Waals surface area contributed by atoms with Crippen LogP contribution in [0, 0.1) is 0 Å². The molecule has 0 fully saturated rings. The van der Waals surface area contributed by atoms with Gasteiger partial charge in [0.25, 0.3) is 0 Å². The van der Waals surface area contributed by atoms with Gasteiger partial charge in [-0.25, -0.2) is 0 Å². The van der Waals surface area contributed by atoms with Gasteiger partial charge in [-0.1, -0.05) is 215 Å². The van der Waals surface area contributed by atoms with Crippen molar-refractivity contribution in [3.63, 3.8) is 0 Å². The molecule has 0 radical (unpaired) electrons. The standard InChI is InChI=1S/C60H102O6/c1-4-7-10-13-16-19-22-25-28-30-32-35-38-41-44-47-50-53-59(62)65-56-57(55-64-58(61)52-49-46-43-40-37-34-27-24-21-18-15-12-9-6-3)66-60(63)54-51-48-45-42-39-36-33-31-29-26-23-20-17-14-11-8-5-2/h7,10,15-20,24-29,57H,4-6,8-9,11-14,21-23,30-56H2,1-3H3/b10-7-,18-15-,19-16-,20-17-,27-24-,28-25-,29-26-. The molecule has 6 nitrogen and oxygen atoms in total. The van der Waals surface area contributed by atoms with E-state index in [1.165, 1.54) is 96.3 Å². The molecular weight excluding hydrogens is 817 g/mol. The fraction of sp³-hybridized carbons (Fsp3) is 0.717. The largest absolute Gasteiger partial charge is 0.462 e. The summed E-state index contributed by atoms with van der Waals surface area (Å²) in [6, 6.07) is 0. The Balaban J connectivity index is 4.43. The van der Waals surface area contributed by atoms with Gasteiger partial charge in [0, 0.05) is 19.3 Å². The fourth-order valence-corrected chi connectivity index (χ4v) is 7.44. The van der Waals surface area contributed by atoms with Crippen LogP contribution >= 0.6 is 0 Å². The van der Waals surface area contributed by atoms with E-state index in [9.17, 15) is 14.4 Å². The third-order valence-corrected chi connectivity index (χ3v) is 11.6. The van der Waals surface area contributed by atoms with Crippen molar-refractivity contribution in [2.24, 2.45) is 0 Å². The van der Waals surface area contributed by atoms with E-state index in [1.54, 1.807) is 0 Å². The molecule has 0 spiro atoms. The van der Waals surface area contributed by atoms with Gasteiger partial charge in [0.15, 0.2) is 6.10 Å². The molecule has 66 heavy (non-hydrogen) atoms. The van der Waals surface area contributed by atoms with Gasteiger partial charge in [-0.05, 0) is 109 Å². The highest BCUT2D eigenvalue weighted by atomic mass is 16.6. The van der Waals surface area contributed by atoms with Crippen LogP contribution in [0.15, 0.2) is 85.1 Å². The first-order valence-electron chi connectivity index (χ1n) is 27.6. The van der Waals surface area contributed by atoms with Crippen LogP contribution in [0.4, 0.5) is 0 Å². The number of esters is 3. The summed E-state index contributed by atoms with van der Waals surface area (Å²) >= 11 is 0. The van der Waals surface area contributed by atoms with Gasteiger partial charge in [-0.2, -0.15) is 0 Å². The van der Waals surface area contributed by atoms with Gasteiger partial charge in [0.2, 0.25) is 0 Å². The Kier molecular flexibility index (Phi) is 51.4. The highest BCUT2D eigenvalue weighted by Gasteiger charge is 2.19. The lowest BCUT2D eigenvalue weighted by Crippen LogP contribution is -2.30. The number of carbonyl (C=O) groups excluding carboxylic acids is 3. The molecule has 0 heterocycles. The van der Waals surface area contributed by atoms with Crippen LogP contribution in [-0.4, -0.2) is 37.2 Å². The summed E-state index contributed by atoms with van der Waals surface area (Å²) < 4.78 is 16.8. The molecule has 0 aliphatic rings. The van der Waals surface area contributed by atoms with E-state index in [-0.39, 0.29) is 31.1 Å². The molecule has 0 amide bonds. The molecule has 0 aliphatic heterocycles. The van der Waals surface area contributed by atoms with Crippen molar-refractivity contribution in [3.05, 3.63) is 85.1 Å². The first-order valence-corrected chi connectivity index (χ1v) is 27.6. The van der Waals surface area contributed by atoms with Crippen LogP contribution in [0.5, 0.6) is 0 Å². The third kappa shape index (κ3) is 51.6. The van der Waals surface area contributed by atoms with E-state index in [1.807, 2.05) is 0 Å². The minimum atomic E-state index is -0.791. The lowest BCUT2D eigenvalue weighted by molar-refractivity contribution is -0.167. The summed E-state index contributed by atoms with van der Waals surface area (Å²) in [7, 11) is 0. The van der Waals surface area contributed by atoms with E-state index in [0.29, 0.717) is 19.3 Å². The Bertz CT molecular complexity index is 1290. The molecule has 0 saturated heterocycles. The lowest BCUT2D eigenvalue weighted by Gasteiger charge is -2.18. The quantitative estimate of drug-likeness (QED) is 0.0262. The van der Waals surface area contributed by atoms with E-state index >= 15 is 0 Å². The van der Waals surface area contributed by atoms with E-state index in [2.05, 4.69) is 106 Å². The van der Waals surface area contributed by atoms with Gasteiger partial charge in [0.05, 0.1) is 0 Å². The summed E-state index contributed by atoms with van der Waals surface area (Å²) in [4.78, 5) is 38.1. The Morgan fingerprint density at radius 2 is 0.606 bits per heavy atom. The Morgan fingerprint density at radius 1 is 0.318 bits per heavy atom. The highest BCUT2D eigenvalue weighted by molar-refractivity contribution is 5.71. The van der Waals surface area contributed by atoms with Crippen molar-refractivity contribution in [2.75, 3.05) is 13.2 Å². The van der Waals surface area contributed by atoms with Crippen LogP contribution in [0.3, 0.4) is 0 Å². The first kappa shape index (κ1) is 62.6. The summed E-state index contributed by atoms with van der Waals surface area (Å²) in [5, 5.41) is 0. The van der Waals surface area contributed by atoms with Crippen molar-refractivity contribution in [1.29, 1.82) is 0 Å². The summed E-state index contributed by atoms with van der Waals surface area (Å²) in [5.74, 6) is -0.918. The van der Waals surface area contributed by atoms with Crippen molar-refractivity contribution in [3.8, 4) is 0 Å². The molecule has 0 aromatic rings. The normalized spacial score (nSPS) is 12.7. The molecule has 378 valence electrons. The summed E-state index contributed by atoms with van der Waals surface area (Å²) in [6.07, 6.45) is 69.9. The van der Waals surface area contributed by atoms with Crippen LogP contribution in [0.1, 0.15) is 258 Å². The zero-order chi connectivity index (χ0) is 47.9. The van der Waals surface area contributed by atoms with Crippen LogP contribution in [0.25, 0.3) is 0 Å². The van der Waals surface area contributed by atoms with Crippen LogP contribution < -0.4 is 0 Å². The van der Waals surface area contributed by atoms with Crippen LogP contribution in [-0.2, 0) is 28.6 Å². The average Bonchev–Trinajstić information content (AvgIpc) is 3.31. The molecular formula is C60H102O6. The van der Waals surface area contributed by atoms with Gasteiger partial charge in [0.1, 0.15) is 13.2 Å². The van der Waals surface area contributed by atoms with Crippen LogP contribution in [0.2, 0.25) is 0 Å². The smallest absolute Gasteiger partial charge is 0.306 e. The second-order valence-corrected chi connectivity index (χ2v) is 18.1. The predicted octanol–water partition coefficient (Wildman–Crippen LogP) is 18.4. The maximum absolute atomic E-state index is 12.8. The number of rotatable bonds is 49. The second-order valence-electron chi connectivity index (χ2n) is 18.1.